The second-order valence-corrected chi connectivity index (χ2v) is 9.29. The summed E-state index contributed by atoms with van der Waals surface area (Å²) in [7, 11) is 3.20. The summed E-state index contributed by atoms with van der Waals surface area (Å²) in [5, 5.41) is 8.13. The van der Waals surface area contributed by atoms with Crippen molar-refractivity contribution in [3.8, 4) is 5.75 Å². The second kappa shape index (κ2) is 11.3. The first-order chi connectivity index (χ1) is 17.0. The van der Waals surface area contributed by atoms with E-state index in [0.29, 0.717) is 24.4 Å². The molecule has 0 radical (unpaired) electrons. The summed E-state index contributed by atoms with van der Waals surface area (Å²) in [6.45, 7) is 2.60. The SMILES string of the molecule is COCCN(CC(=O)N1N=C(c2cccc(OC)c2)C[C@H]1c1ccc(C)cc1)C(=O)c1cccs1. The number of carbonyl (C=O) groups excluding carboxylic acids is 2. The quantitative estimate of drug-likeness (QED) is 0.441. The van der Waals surface area contributed by atoms with Gasteiger partial charge in [0.2, 0.25) is 0 Å². The number of benzene rings is 2. The van der Waals surface area contributed by atoms with Crippen molar-refractivity contribution in [1.29, 1.82) is 0 Å². The van der Waals surface area contributed by atoms with Crippen LogP contribution in [0.5, 0.6) is 5.75 Å². The average molecular weight is 492 g/mol. The standard InChI is InChI=1S/C27H29N3O4S/c1-19-9-11-20(12-10-19)24-17-23(21-6-4-7-22(16-21)34-3)28-30(24)26(31)18-29(13-14-33-2)27(32)25-8-5-15-35-25/h4-12,15-16,24H,13-14,17-18H2,1-3H3/t24-/m0/s1. The van der Waals surface area contributed by atoms with Gasteiger partial charge in [-0.15, -0.1) is 11.3 Å². The predicted octanol–water partition coefficient (Wildman–Crippen LogP) is 4.53. The molecular formula is C27H29N3O4S. The third-order valence-electron chi connectivity index (χ3n) is 5.94. The zero-order chi connectivity index (χ0) is 24.8. The Morgan fingerprint density at radius 1 is 1.11 bits per heavy atom. The minimum atomic E-state index is -0.259. The molecule has 1 aliphatic heterocycles. The predicted molar refractivity (Wildman–Crippen MR) is 137 cm³/mol. The number of amides is 2. The molecule has 0 unspecified atom stereocenters. The number of hydrogen-bond acceptors (Lipinski definition) is 6. The van der Waals surface area contributed by atoms with Crippen LogP contribution in [0.25, 0.3) is 0 Å². The number of methoxy groups -OCH3 is 2. The van der Waals surface area contributed by atoms with E-state index in [4.69, 9.17) is 14.6 Å². The molecule has 0 bridgehead atoms. The van der Waals surface area contributed by atoms with Crippen molar-refractivity contribution in [3.63, 3.8) is 0 Å². The topological polar surface area (TPSA) is 71.4 Å². The van der Waals surface area contributed by atoms with Crippen LogP contribution in [0.4, 0.5) is 0 Å². The fraction of sp³-hybridized carbons (Fsp3) is 0.296. The van der Waals surface area contributed by atoms with Crippen molar-refractivity contribution in [2.45, 2.75) is 19.4 Å². The highest BCUT2D eigenvalue weighted by molar-refractivity contribution is 7.12. The van der Waals surface area contributed by atoms with E-state index in [1.165, 1.54) is 21.2 Å². The maximum absolute atomic E-state index is 13.6. The molecule has 2 heterocycles. The van der Waals surface area contributed by atoms with Gasteiger partial charge in [-0.2, -0.15) is 5.10 Å². The van der Waals surface area contributed by atoms with Crippen molar-refractivity contribution in [2.24, 2.45) is 5.10 Å². The van der Waals surface area contributed by atoms with E-state index < -0.39 is 0 Å². The lowest BCUT2D eigenvalue weighted by molar-refractivity contribution is -0.133. The number of aryl methyl sites for hydroxylation is 1. The second-order valence-electron chi connectivity index (χ2n) is 8.34. The molecule has 0 saturated heterocycles. The Morgan fingerprint density at radius 3 is 2.60 bits per heavy atom. The molecule has 0 spiro atoms. The molecule has 1 aromatic heterocycles. The number of hydrogen-bond donors (Lipinski definition) is 0. The molecular weight excluding hydrogens is 462 g/mol. The van der Waals surface area contributed by atoms with Crippen molar-refractivity contribution in [2.75, 3.05) is 33.9 Å². The number of rotatable bonds is 9. The lowest BCUT2D eigenvalue weighted by Crippen LogP contribution is -2.42. The molecule has 4 rings (SSSR count). The third kappa shape index (κ3) is 5.78. The number of nitrogens with zero attached hydrogens (tertiary/aromatic N) is 3. The van der Waals surface area contributed by atoms with Gasteiger partial charge in [0.25, 0.3) is 11.8 Å². The van der Waals surface area contributed by atoms with E-state index in [-0.39, 0.29) is 24.4 Å². The smallest absolute Gasteiger partial charge is 0.264 e. The first-order valence-corrected chi connectivity index (χ1v) is 12.3. The van der Waals surface area contributed by atoms with Crippen LogP contribution in [0.1, 0.15) is 38.8 Å². The summed E-state index contributed by atoms with van der Waals surface area (Å²) in [5.74, 6) is 0.303. The minimum Gasteiger partial charge on any atom is -0.497 e. The lowest BCUT2D eigenvalue weighted by Gasteiger charge is -2.26. The van der Waals surface area contributed by atoms with Crippen LogP contribution in [-0.4, -0.2) is 61.4 Å². The highest BCUT2D eigenvalue weighted by Crippen LogP contribution is 2.33. The molecule has 3 aromatic rings. The molecule has 8 heteroatoms. The van der Waals surface area contributed by atoms with E-state index in [1.54, 1.807) is 20.3 Å². The van der Waals surface area contributed by atoms with Gasteiger partial charge in [-0.3, -0.25) is 9.59 Å². The summed E-state index contributed by atoms with van der Waals surface area (Å²) in [6, 6.07) is 19.1. The Hall–Kier alpha value is -3.49. The van der Waals surface area contributed by atoms with Gasteiger partial charge in [0, 0.05) is 25.6 Å². The molecule has 1 aliphatic rings. The Kier molecular flexibility index (Phi) is 7.94. The maximum Gasteiger partial charge on any atom is 0.264 e. The highest BCUT2D eigenvalue weighted by atomic mass is 32.1. The van der Waals surface area contributed by atoms with Crippen LogP contribution in [0.15, 0.2) is 71.1 Å². The summed E-state index contributed by atoms with van der Waals surface area (Å²) in [4.78, 5) is 28.8. The van der Waals surface area contributed by atoms with Crippen LogP contribution in [-0.2, 0) is 9.53 Å². The Morgan fingerprint density at radius 2 is 1.91 bits per heavy atom. The van der Waals surface area contributed by atoms with Crippen LogP contribution >= 0.6 is 11.3 Å². The fourth-order valence-corrected chi connectivity index (χ4v) is 4.70. The van der Waals surface area contributed by atoms with E-state index >= 15 is 0 Å². The molecule has 7 nitrogen and oxygen atoms in total. The van der Waals surface area contributed by atoms with Crippen LogP contribution in [0.2, 0.25) is 0 Å². The highest BCUT2D eigenvalue weighted by Gasteiger charge is 2.34. The number of ether oxygens (including phenoxy) is 2. The minimum absolute atomic E-state index is 0.0860. The van der Waals surface area contributed by atoms with E-state index in [0.717, 1.165) is 28.2 Å². The van der Waals surface area contributed by atoms with E-state index in [1.807, 2.05) is 66.9 Å². The molecule has 182 valence electrons. The monoisotopic (exact) mass is 491 g/mol. The average Bonchev–Trinajstić information content (AvgIpc) is 3.57. The zero-order valence-corrected chi connectivity index (χ0v) is 21.0. The summed E-state index contributed by atoms with van der Waals surface area (Å²) < 4.78 is 10.6. The van der Waals surface area contributed by atoms with Gasteiger partial charge < -0.3 is 14.4 Å². The van der Waals surface area contributed by atoms with Gasteiger partial charge in [0.15, 0.2) is 0 Å². The molecule has 2 amide bonds. The number of thiophene rings is 1. The van der Waals surface area contributed by atoms with E-state index in [9.17, 15) is 9.59 Å². The maximum atomic E-state index is 13.6. The zero-order valence-electron chi connectivity index (χ0n) is 20.1. The molecule has 0 aliphatic carbocycles. The molecule has 0 saturated carbocycles. The van der Waals surface area contributed by atoms with Gasteiger partial charge in [-0.1, -0.05) is 48.0 Å². The van der Waals surface area contributed by atoms with Crippen LogP contribution < -0.4 is 4.74 Å². The summed E-state index contributed by atoms with van der Waals surface area (Å²) >= 11 is 1.36. The molecule has 1 atom stereocenters. The van der Waals surface area contributed by atoms with Crippen molar-refractivity contribution in [1.82, 2.24) is 9.91 Å². The van der Waals surface area contributed by atoms with Crippen molar-refractivity contribution in [3.05, 3.63) is 87.6 Å². The van der Waals surface area contributed by atoms with Crippen molar-refractivity contribution < 1.29 is 19.1 Å². The van der Waals surface area contributed by atoms with E-state index in [2.05, 4.69) is 0 Å². The van der Waals surface area contributed by atoms with Gasteiger partial charge >= 0.3 is 0 Å². The van der Waals surface area contributed by atoms with Gasteiger partial charge in [-0.25, -0.2) is 5.01 Å². The van der Waals surface area contributed by atoms with Gasteiger partial charge in [0.05, 0.1) is 30.3 Å². The Balaban J connectivity index is 1.63. The first-order valence-electron chi connectivity index (χ1n) is 11.4. The molecule has 35 heavy (non-hydrogen) atoms. The Bertz CT molecular complexity index is 1190. The third-order valence-corrected chi connectivity index (χ3v) is 6.80. The number of hydrazone groups is 1. The molecule has 0 N–H and O–H groups in total. The normalized spacial score (nSPS) is 15.1. The molecule has 2 aromatic carbocycles. The first kappa shape index (κ1) is 24.6. The van der Waals surface area contributed by atoms with Crippen LogP contribution in [0, 0.1) is 6.92 Å². The summed E-state index contributed by atoms with van der Waals surface area (Å²) in [5.41, 5.74) is 3.85. The van der Waals surface area contributed by atoms with Gasteiger partial charge in [0.1, 0.15) is 12.3 Å². The summed E-state index contributed by atoms with van der Waals surface area (Å²) in [6.07, 6.45) is 0.568. The largest absolute Gasteiger partial charge is 0.497 e. The fourth-order valence-electron chi connectivity index (χ4n) is 4.01. The van der Waals surface area contributed by atoms with Crippen LogP contribution in [0.3, 0.4) is 0 Å². The van der Waals surface area contributed by atoms with Crippen molar-refractivity contribution >= 4 is 28.9 Å². The van der Waals surface area contributed by atoms with Gasteiger partial charge in [-0.05, 0) is 36.1 Å². The number of carbonyl (C=O) groups is 2. The Labute approximate surface area is 209 Å². The lowest BCUT2D eigenvalue weighted by atomic mass is 9.97. The molecule has 0 fully saturated rings.